The van der Waals surface area contributed by atoms with Gasteiger partial charge in [-0.25, -0.2) is 4.79 Å². The van der Waals surface area contributed by atoms with Gasteiger partial charge in [0.2, 0.25) is 0 Å². The number of carbonyl (C=O) groups excluding carboxylic acids is 1. The van der Waals surface area contributed by atoms with Gasteiger partial charge in [0.05, 0.1) is 16.0 Å². The van der Waals surface area contributed by atoms with Gasteiger partial charge in [0, 0.05) is 36.9 Å². The van der Waals surface area contributed by atoms with Crippen LogP contribution in [0, 0.1) is 20.2 Å². The van der Waals surface area contributed by atoms with Gasteiger partial charge in [-0.3, -0.25) is 20.2 Å². The van der Waals surface area contributed by atoms with Crippen molar-refractivity contribution in [2.75, 3.05) is 7.11 Å². The number of methoxy groups -OCH3 is 1. The van der Waals surface area contributed by atoms with E-state index in [0.717, 1.165) is 0 Å². The predicted octanol–water partition coefficient (Wildman–Crippen LogP) is 3.79. The molecule has 0 saturated carbocycles. The first-order chi connectivity index (χ1) is 12.3. The largest absolute Gasteiger partial charge is 0.519 e. The number of hydrogen-bond donors (Lipinski definition) is 0. The summed E-state index contributed by atoms with van der Waals surface area (Å²) in [5.41, 5.74) is -0.0420. The first kappa shape index (κ1) is 18.8. The second kappa shape index (κ2) is 8.03. The zero-order valence-corrected chi connectivity index (χ0v) is 13.8. The molecule has 0 radical (unpaired) electrons. The van der Waals surface area contributed by atoms with Gasteiger partial charge in [-0.05, 0) is 25.1 Å². The number of non-ortho nitro benzene ring substituents is 2. The number of ether oxygens (including phenoxy) is 3. The van der Waals surface area contributed by atoms with Crippen LogP contribution in [0.25, 0.3) is 0 Å². The molecular formula is C16H14N2O8. The van der Waals surface area contributed by atoms with Crippen molar-refractivity contribution >= 4 is 17.5 Å². The molecule has 0 aliphatic carbocycles. The Kier molecular flexibility index (Phi) is 5.81. The van der Waals surface area contributed by atoms with E-state index in [-0.39, 0.29) is 22.9 Å². The fourth-order valence-electron chi connectivity index (χ4n) is 2.03. The number of rotatable bonds is 6. The quantitative estimate of drug-likeness (QED) is 0.328. The molecule has 136 valence electrons. The maximum Gasteiger partial charge on any atom is 0.519 e. The second-order valence-corrected chi connectivity index (χ2v) is 5.06. The van der Waals surface area contributed by atoms with Crippen LogP contribution in [0.1, 0.15) is 18.6 Å². The lowest BCUT2D eigenvalue weighted by Crippen LogP contribution is -2.15. The van der Waals surface area contributed by atoms with E-state index >= 15 is 0 Å². The molecule has 0 bridgehead atoms. The van der Waals surface area contributed by atoms with E-state index in [9.17, 15) is 25.0 Å². The van der Waals surface area contributed by atoms with Gasteiger partial charge in [-0.15, -0.1) is 0 Å². The molecule has 10 nitrogen and oxygen atoms in total. The minimum absolute atomic E-state index is 0.0388. The molecule has 0 spiro atoms. The van der Waals surface area contributed by atoms with E-state index in [0.29, 0.717) is 5.56 Å². The normalized spacial score (nSPS) is 11.5. The molecule has 2 aromatic rings. The van der Waals surface area contributed by atoms with Crippen LogP contribution in [-0.4, -0.2) is 23.1 Å². The molecule has 0 amide bonds. The van der Waals surface area contributed by atoms with Crippen molar-refractivity contribution in [3.8, 4) is 11.5 Å². The Morgan fingerprint density at radius 1 is 0.962 bits per heavy atom. The summed E-state index contributed by atoms with van der Waals surface area (Å²) in [6.07, 6.45) is -1.67. The van der Waals surface area contributed by atoms with Crippen LogP contribution in [0.5, 0.6) is 11.5 Å². The Balaban J connectivity index is 2.17. The van der Waals surface area contributed by atoms with E-state index in [1.54, 1.807) is 6.92 Å². The van der Waals surface area contributed by atoms with Gasteiger partial charge in [0.1, 0.15) is 11.5 Å². The Bertz CT molecular complexity index is 835. The molecule has 0 aliphatic heterocycles. The monoisotopic (exact) mass is 362 g/mol. The van der Waals surface area contributed by atoms with Gasteiger partial charge >= 0.3 is 6.16 Å². The van der Waals surface area contributed by atoms with Gasteiger partial charge in [0.25, 0.3) is 11.4 Å². The number of carbonyl (C=O) groups is 1. The zero-order valence-electron chi connectivity index (χ0n) is 13.8. The molecular weight excluding hydrogens is 348 g/mol. The van der Waals surface area contributed by atoms with Crippen LogP contribution in [0.15, 0.2) is 42.5 Å². The Morgan fingerprint density at radius 3 is 2.08 bits per heavy atom. The molecule has 2 aromatic carbocycles. The minimum atomic E-state index is -1.10. The number of hydrogen-bond acceptors (Lipinski definition) is 8. The summed E-state index contributed by atoms with van der Waals surface area (Å²) >= 11 is 0. The summed E-state index contributed by atoms with van der Waals surface area (Å²) in [7, 11) is 1.41. The highest BCUT2D eigenvalue weighted by atomic mass is 16.7. The molecule has 1 atom stereocenters. The molecule has 0 aliphatic rings. The second-order valence-electron chi connectivity index (χ2n) is 5.06. The summed E-state index contributed by atoms with van der Waals surface area (Å²) in [6, 6.07) is 8.52. The van der Waals surface area contributed by atoms with Crippen molar-refractivity contribution in [3.05, 3.63) is 68.3 Å². The smallest absolute Gasteiger partial charge is 0.395 e. The molecule has 2 rings (SSSR count). The highest BCUT2D eigenvalue weighted by Gasteiger charge is 2.20. The fourth-order valence-corrected chi connectivity index (χ4v) is 2.03. The average Bonchev–Trinajstić information content (AvgIpc) is 2.61. The van der Waals surface area contributed by atoms with Crippen LogP contribution in [0.2, 0.25) is 0 Å². The number of nitro groups is 2. The van der Waals surface area contributed by atoms with Crippen molar-refractivity contribution in [1.82, 2.24) is 0 Å². The van der Waals surface area contributed by atoms with Crippen LogP contribution in [0.4, 0.5) is 16.2 Å². The third-order valence-corrected chi connectivity index (χ3v) is 3.44. The maximum atomic E-state index is 11.9. The van der Waals surface area contributed by atoms with E-state index in [2.05, 4.69) is 0 Å². The van der Waals surface area contributed by atoms with Crippen molar-refractivity contribution in [3.63, 3.8) is 0 Å². The molecule has 26 heavy (non-hydrogen) atoms. The SMILES string of the molecule is COC(C)c1cc([N+](=O)[O-])ccc1OC(=O)Oc1ccc([N+](=O)[O-])cc1. The van der Waals surface area contributed by atoms with E-state index in [1.807, 2.05) is 0 Å². The standard InChI is InChI=1S/C16H14N2O8/c1-10(24-2)14-9-12(18(22)23)5-8-15(14)26-16(19)25-13-6-3-11(4-7-13)17(20)21/h3-10H,1-2H3. The summed E-state index contributed by atoms with van der Waals surface area (Å²) in [6.45, 7) is 1.63. The maximum absolute atomic E-state index is 11.9. The van der Waals surface area contributed by atoms with E-state index < -0.39 is 22.1 Å². The topological polar surface area (TPSA) is 131 Å². The summed E-state index contributed by atoms with van der Waals surface area (Å²) in [5.74, 6) is 0.0840. The van der Waals surface area contributed by atoms with Gasteiger partial charge in [-0.1, -0.05) is 0 Å². The molecule has 0 heterocycles. The minimum Gasteiger partial charge on any atom is -0.395 e. The van der Waals surface area contributed by atoms with Crippen molar-refractivity contribution < 1.29 is 28.9 Å². The van der Waals surface area contributed by atoms with Crippen LogP contribution in [-0.2, 0) is 4.74 Å². The van der Waals surface area contributed by atoms with E-state index in [4.69, 9.17) is 14.2 Å². The first-order valence-electron chi connectivity index (χ1n) is 7.27. The average molecular weight is 362 g/mol. The van der Waals surface area contributed by atoms with Crippen LogP contribution < -0.4 is 9.47 Å². The Labute approximate surface area is 147 Å². The molecule has 10 heteroatoms. The van der Waals surface area contributed by atoms with Gasteiger partial charge in [-0.2, -0.15) is 0 Å². The lowest BCUT2D eigenvalue weighted by Gasteiger charge is -2.14. The lowest BCUT2D eigenvalue weighted by atomic mass is 10.1. The van der Waals surface area contributed by atoms with E-state index in [1.165, 1.54) is 49.6 Å². The number of nitrogens with zero attached hydrogens (tertiary/aromatic N) is 2. The predicted molar refractivity (Wildman–Crippen MR) is 88.3 cm³/mol. The van der Waals surface area contributed by atoms with Gasteiger partial charge < -0.3 is 14.2 Å². The zero-order chi connectivity index (χ0) is 19.3. The Hall–Kier alpha value is -3.53. The van der Waals surface area contributed by atoms with Crippen molar-refractivity contribution in [2.45, 2.75) is 13.0 Å². The van der Waals surface area contributed by atoms with Crippen LogP contribution >= 0.6 is 0 Å². The lowest BCUT2D eigenvalue weighted by molar-refractivity contribution is -0.385. The Morgan fingerprint density at radius 2 is 1.54 bits per heavy atom. The van der Waals surface area contributed by atoms with Crippen molar-refractivity contribution in [1.29, 1.82) is 0 Å². The fraction of sp³-hybridized carbons (Fsp3) is 0.188. The molecule has 0 fully saturated rings. The summed E-state index contributed by atoms with van der Waals surface area (Å²) in [5, 5.41) is 21.5. The summed E-state index contributed by atoms with van der Waals surface area (Å²) < 4.78 is 15.2. The molecule has 0 aromatic heterocycles. The summed E-state index contributed by atoms with van der Waals surface area (Å²) in [4.78, 5) is 32.3. The van der Waals surface area contributed by atoms with Gasteiger partial charge in [0.15, 0.2) is 0 Å². The third-order valence-electron chi connectivity index (χ3n) is 3.44. The van der Waals surface area contributed by atoms with Crippen LogP contribution in [0.3, 0.4) is 0 Å². The highest BCUT2D eigenvalue weighted by molar-refractivity contribution is 5.68. The molecule has 0 N–H and O–H groups in total. The molecule has 0 saturated heterocycles. The highest BCUT2D eigenvalue weighted by Crippen LogP contribution is 2.31. The number of benzene rings is 2. The number of nitro benzene ring substituents is 2. The van der Waals surface area contributed by atoms with Crippen molar-refractivity contribution in [2.24, 2.45) is 0 Å². The third kappa shape index (κ3) is 4.51. The molecule has 1 unspecified atom stereocenters. The first-order valence-corrected chi connectivity index (χ1v) is 7.27.